The third-order valence-corrected chi connectivity index (χ3v) is 6.98. The van der Waals surface area contributed by atoms with Gasteiger partial charge in [0, 0.05) is 25.6 Å². The number of nitrogens with one attached hydrogen (secondary N) is 2. The zero-order valence-electron chi connectivity index (χ0n) is 22.3. The first-order valence-electron chi connectivity index (χ1n) is 12.8. The molecule has 0 aliphatic carbocycles. The maximum absolute atomic E-state index is 13.4. The molecule has 4 rings (SSSR count). The number of nitrogens with zero attached hydrogens (tertiary/aromatic N) is 2. The molecule has 3 aromatic carbocycles. The van der Waals surface area contributed by atoms with Gasteiger partial charge in [0.15, 0.2) is 0 Å². The molecule has 3 aromatic rings. The van der Waals surface area contributed by atoms with Gasteiger partial charge in [-0.2, -0.15) is 31.4 Å². The van der Waals surface area contributed by atoms with Crippen LogP contribution in [0, 0.1) is 0 Å². The highest BCUT2D eigenvalue weighted by molar-refractivity contribution is 5.75. The smallest absolute Gasteiger partial charge is 0.375 e. The lowest BCUT2D eigenvalue weighted by Gasteiger charge is -2.37. The molecule has 12 heteroatoms. The van der Waals surface area contributed by atoms with Gasteiger partial charge in [-0.3, -0.25) is 10.3 Å². The zero-order valence-corrected chi connectivity index (χ0v) is 22.3. The summed E-state index contributed by atoms with van der Waals surface area (Å²) in [5.74, 6) is -0.273. The Balaban J connectivity index is 1.64. The summed E-state index contributed by atoms with van der Waals surface area (Å²) in [6.07, 6.45) is -10.3. The van der Waals surface area contributed by atoms with Gasteiger partial charge in [-0.05, 0) is 41.9 Å². The number of hydrogen-bond donors (Lipinski definition) is 2. The molecular formula is C29H30F6N4O2. The van der Waals surface area contributed by atoms with Gasteiger partial charge in [0.25, 0.3) is 0 Å². The highest BCUT2D eigenvalue weighted by atomic mass is 19.4. The van der Waals surface area contributed by atoms with Crippen molar-refractivity contribution < 1.29 is 35.9 Å². The molecule has 1 aliphatic heterocycles. The van der Waals surface area contributed by atoms with Crippen molar-refractivity contribution in [3.63, 3.8) is 0 Å². The van der Waals surface area contributed by atoms with Crippen LogP contribution in [0.2, 0.25) is 0 Å². The van der Waals surface area contributed by atoms with Gasteiger partial charge < -0.3 is 10.1 Å². The first kappa shape index (κ1) is 30.4. The van der Waals surface area contributed by atoms with Crippen LogP contribution in [-0.2, 0) is 23.7 Å². The summed E-state index contributed by atoms with van der Waals surface area (Å²) in [7, 11) is 3.54. The monoisotopic (exact) mass is 580 g/mol. The maximum atomic E-state index is 13.4. The van der Waals surface area contributed by atoms with Crippen LogP contribution in [-0.4, -0.2) is 55.4 Å². The summed E-state index contributed by atoms with van der Waals surface area (Å²) < 4.78 is 86.1. The van der Waals surface area contributed by atoms with E-state index in [4.69, 9.17) is 4.74 Å². The Labute approximate surface area is 233 Å². The zero-order chi connectivity index (χ0) is 29.8. The lowest BCUT2D eigenvalue weighted by molar-refractivity contribution is -0.143. The van der Waals surface area contributed by atoms with Crippen LogP contribution in [0.25, 0.3) is 0 Å². The molecule has 0 radical (unpaired) electrons. The van der Waals surface area contributed by atoms with Gasteiger partial charge in [0.2, 0.25) is 0 Å². The molecular weight excluding hydrogens is 550 g/mol. The molecule has 1 fully saturated rings. The van der Waals surface area contributed by atoms with E-state index in [0.29, 0.717) is 18.7 Å². The average Bonchev–Trinajstić information content (AvgIpc) is 3.24. The molecule has 0 aromatic heterocycles. The van der Waals surface area contributed by atoms with Crippen molar-refractivity contribution >= 4 is 6.03 Å². The van der Waals surface area contributed by atoms with E-state index in [-0.39, 0.29) is 36.4 Å². The topological polar surface area (TPSA) is 56.8 Å². The summed E-state index contributed by atoms with van der Waals surface area (Å²) in [5, 5.41) is 4.43. The number of carbonyl (C=O) groups is 1. The third kappa shape index (κ3) is 7.78. The number of amides is 2. The molecule has 2 N–H and O–H groups in total. The average molecular weight is 581 g/mol. The number of alkyl halides is 6. The normalized spacial score (nSPS) is 17.1. The minimum Gasteiger partial charge on any atom is -0.375 e. The predicted molar refractivity (Wildman–Crippen MR) is 140 cm³/mol. The summed E-state index contributed by atoms with van der Waals surface area (Å²) >= 11 is 0. The fourth-order valence-electron chi connectivity index (χ4n) is 4.93. The Morgan fingerprint density at radius 1 is 0.878 bits per heavy atom. The van der Waals surface area contributed by atoms with E-state index in [9.17, 15) is 31.1 Å². The second-order valence-electron chi connectivity index (χ2n) is 9.95. The third-order valence-electron chi connectivity index (χ3n) is 6.98. The molecule has 1 heterocycles. The van der Waals surface area contributed by atoms with Crippen LogP contribution < -0.4 is 10.7 Å². The van der Waals surface area contributed by atoms with Crippen molar-refractivity contribution in [1.29, 1.82) is 0 Å². The maximum Gasteiger partial charge on any atom is 0.416 e. The van der Waals surface area contributed by atoms with Gasteiger partial charge >= 0.3 is 18.4 Å². The van der Waals surface area contributed by atoms with E-state index in [1.165, 1.54) is 0 Å². The number of hydrogen-bond acceptors (Lipinski definition) is 4. The molecule has 2 atom stereocenters. The van der Waals surface area contributed by atoms with E-state index in [1.807, 2.05) is 72.6 Å². The van der Waals surface area contributed by atoms with Crippen LogP contribution in [0.15, 0.2) is 78.9 Å². The van der Waals surface area contributed by atoms with Crippen LogP contribution in [0.4, 0.5) is 31.1 Å². The predicted octanol–water partition coefficient (Wildman–Crippen LogP) is 5.86. The molecule has 0 saturated carbocycles. The Bertz CT molecular complexity index is 1230. The molecule has 0 bridgehead atoms. The number of hydrazine groups is 1. The summed E-state index contributed by atoms with van der Waals surface area (Å²) in [4.78, 5) is 13.8. The molecule has 1 aliphatic rings. The fourth-order valence-corrected chi connectivity index (χ4v) is 4.93. The second-order valence-corrected chi connectivity index (χ2v) is 9.95. The number of urea groups is 1. The Morgan fingerprint density at radius 3 is 1.83 bits per heavy atom. The number of likely N-dealkylation sites (N-methyl/N-ethyl adjacent to an activating group) is 2. The first-order chi connectivity index (χ1) is 19.3. The fraction of sp³-hybridized carbons (Fsp3) is 0.345. The number of rotatable bonds is 10. The number of halogens is 6. The van der Waals surface area contributed by atoms with Gasteiger partial charge in [-0.15, -0.1) is 0 Å². The SMILES string of the molecule is CN(CC1NC(=O)NN1C)C(COCc1cc(C(F)(F)F)cc(C(F)(F)F)c1)C(c1ccccc1)c1ccccc1. The summed E-state index contributed by atoms with van der Waals surface area (Å²) in [6.45, 7) is -0.142. The van der Waals surface area contributed by atoms with Gasteiger partial charge in [-0.1, -0.05) is 60.7 Å². The van der Waals surface area contributed by atoms with Crippen LogP contribution >= 0.6 is 0 Å². The molecule has 41 heavy (non-hydrogen) atoms. The van der Waals surface area contributed by atoms with Crippen LogP contribution in [0.3, 0.4) is 0 Å². The number of carbonyl (C=O) groups excluding carboxylic acids is 1. The minimum absolute atomic E-state index is 0.0274. The highest BCUT2D eigenvalue weighted by Crippen LogP contribution is 2.37. The summed E-state index contributed by atoms with van der Waals surface area (Å²) in [6, 6.07) is 19.8. The van der Waals surface area contributed by atoms with Crippen molar-refractivity contribution in [1.82, 2.24) is 20.7 Å². The Morgan fingerprint density at radius 2 is 1.39 bits per heavy atom. The molecule has 0 spiro atoms. The molecule has 1 saturated heterocycles. The minimum atomic E-state index is -4.95. The van der Waals surface area contributed by atoms with E-state index in [1.54, 1.807) is 12.1 Å². The summed E-state index contributed by atoms with van der Waals surface area (Å²) in [5.41, 5.74) is 1.51. The quantitative estimate of drug-likeness (QED) is 0.295. The van der Waals surface area contributed by atoms with E-state index >= 15 is 0 Å². The van der Waals surface area contributed by atoms with Crippen LogP contribution in [0.5, 0.6) is 0 Å². The van der Waals surface area contributed by atoms with Gasteiger partial charge in [0.05, 0.1) is 24.3 Å². The van der Waals surface area contributed by atoms with Gasteiger partial charge in [0.1, 0.15) is 6.17 Å². The second kappa shape index (κ2) is 12.5. The highest BCUT2D eigenvalue weighted by Gasteiger charge is 2.37. The molecule has 220 valence electrons. The van der Waals surface area contributed by atoms with Crippen molar-refractivity contribution in [2.24, 2.45) is 0 Å². The van der Waals surface area contributed by atoms with E-state index in [0.717, 1.165) is 11.1 Å². The van der Waals surface area contributed by atoms with E-state index in [2.05, 4.69) is 10.7 Å². The number of ether oxygens (including phenoxy) is 1. The van der Waals surface area contributed by atoms with Gasteiger partial charge in [-0.25, -0.2) is 4.79 Å². The van der Waals surface area contributed by atoms with Crippen molar-refractivity contribution in [2.75, 3.05) is 27.2 Å². The Hall–Kier alpha value is -3.61. The molecule has 2 amide bonds. The first-order valence-corrected chi connectivity index (χ1v) is 12.8. The van der Waals surface area contributed by atoms with Crippen molar-refractivity contribution in [2.45, 2.75) is 37.1 Å². The van der Waals surface area contributed by atoms with Crippen LogP contribution in [0.1, 0.15) is 33.7 Å². The van der Waals surface area contributed by atoms with E-state index < -0.39 is 36.1 Å². The van der Waals surface area contributed by atoms with Crippen molar-refractivity contribution in [3.8, 4) is 0 Å². The van der Waals surface area contributed by atoms with Crippen molar-refractivity contribution in [3.05, 3.63) is 107 Å². The largest absolute Gasteiger partial charge is 0.416 e. The lowest BCUT2D eigenvalue weighted by atomic mass is 9.84. The number of benzene rings is 3. The molecule has 6 nitrogen and oxygen atoms in total. The standard InChI is InChI=1S/C29H30F6N4O2/c1-38(16-25-36-27(40)37-39(25)2)24(26(20-9-5-3-6-10-20)21-11-7-4-8-12-21)18-41-17-19-13-22(28(30,31)32)15-23(14-19)29(33,34)35/h3-15,24-26H,16-18H2,1-2H3,(H2,36,37,40). The Kier molecular flexibility index (Phi) is 9.25. The molecule has 2 unspecified atom stereocenters. The lowest BCUT2D eigenvalue weighted by Crippen LogP contribution is -2.50.